The normalized spacial score (nSPS) is 15.3. The van der Waals surface area contributed by atoms with Crippen molar-refractivity contribution in [3.8, 4) is 17.0 Å². The van der Waals surface area contributed by atoms with Gasteiger partial charge in [0, 0.05) is 49.0 Å². The van der Waals surface area contributed by atoms with Gasteiger partial charge in [-0.25, -0.2) is 0 Å². The van der Waals surface area contributed by atoms with Crippen molar-refractivity contribution in [1.82, 2.24) is 25.0 Å². The van der Waals surface area contributed by atoms with Gasteiger partial charge in [-0.1, -0.05) is 12.1 Å². The third kappa shape index (κ3) is 4.22. The molecule has 1 N–H and O–H groups in total. The Morgan fingerprint density at radius 2 is 1.97 bits per heavy atom. The van der Waals surface area contributed by atoms with Crippen molar-refractivity contribution in [3.05, 3.63) is 70.9 Å². The number of benzene rings is 1. The number of nitrogens with one attached hydrogen (secondary N) is 1. The molecule has 188 valence electrons. The second kappa shape index (κ2) is 8.72. The Bertz CT molecular complexity index is 1560. The highest BCUT2D eigenvalue weighted by atomic mass is 19.3. The van der Waals surface area contributed by atoms with E-state index in [9.17, 15) is 8.78 Å². The Labute approximate surface area is 212 Å². The van der Waals surface area contributed by atoms with Gasteiger partial charge in [-0.2, -0.15) is 23.8 Å². The zero-order valence-electron chi connectivity index (χ0n) is 20.7. The van der Waals surface area contributed by atoms with Crippen LogP contribution in [0, 0.1) is 0 Å². The minimum absolute atomic E-state index is 0.103. The molecule has 0 spiro atoms. The lowest BCUT2D eigenvalue weighted by Gasteiger charge is -2.16. The summed E-state index contributed by atoms with van der Waals surface area (Å²) in [4.78, 5) is 15.3. The molecule has 1 aliphatic heterocycles. The fourth-order valence-electron chi connectivity index (χ4n) is 4.97. The quantitative estimate of drug-likeness (QED) is 0.386. The topological polar surface area (TPSA) is 90.1 Å². The summed E-state index contributed by atoms with van der Waals surface area (Å²) in [5.74, 6) is -2.25. The highest BCUT2D eigenvalue weighted by Gasteiger charge is 2.40. The summed E-state index contributed by atoms with van der Waals surface area (Å²) in [5, 5.41) is 12.1. The van der Waals surface area contributed by atoms with Gasteiger partial charge in [-0.15, -0.1) is 0 Å². The van der Waals surface area contributed by atoms with E-state index in [0.717, 1.165) is 39.7 Å². The van der Waals surface area contributed by atoms with Gasteiger partial charge < -0.3 is 10.1 Å². The number of rotatable bonds is 6. The predicted molar refractivity (Wildman–Crippen MR) is 136 cm³/mol. The number of aryl methyl sites for hydroxylation is 2. The molecular formula is C27H25F2N7O. The number of methoxy groups -OCH3 is 1. The molecule has 10 heteroatoms. The van der Waals surface area contributed by atoms with Crippen LogP contribution in [-0.2, 0) is 32.2 Å². The lowest BCUT2D eigenvalue weighted by Crippen LogP contribution is -2.11. The van der Waals surface area contributed by atoms with Gasteiger partial charge >= 0.3 is 0 Å². The van der Waals surface area contributed by atoms with Crippen LogP contribution in [0.3, 0.4) is 0 Å². The van der Waals surface area contributed by atoms with Crippen LogP contribution in [0.15, 0.2) is 47.6 Å². The van der Waals surface area contributed by atoms with E-state index in [-0.39, 0.29) is 12.1 Å². The Balaban J connectivity index is 1.37. The molecular weight excluding hydrogens is 476 g/mol. The average molecular weight is 502 g/mol. The third-order valence-corrected chi connectivity index (χ3v) is 6.66. The first-order valence-electron chi connectivity index (χ1n) is 12.1. The van der Waals surface area contributed by atoms with Crippen LogP contribution in [0.4, 0.5) is 25.8 Å². The Morgan fingerprint density at radius 1 is 1.11 bits per heavy atom. The minimum atomic E-state index is -2.88. The first-order chi connectivity index (χ1) is 17.8. The van der Waals surface area contributed by atoms with Crippen LogP contribution in [0.5, 0.6) is 5.75 Å². The van der Waals surface area contributed by atoms with Crippen molar-refractivity contribution >= 4 is 22.8 Å². The van der Waals surface area contributed by atoms with Crippen molar-refractivity contribution < 1.29 is 13.5 Å². The van der Waals surface area contributed by atoms with E-state index in [0.29, 0.717) is 42.0 Å². The number of pyridine rings is 2. The van der Waals surface area contributed by atoms with Gasteiger partial charge in [0.15, 0.2) is 5.75 Å². The van der Waals surface area contributed by atoms with Crippen molar-refractivity contribution in [2.75, 3.05) is 12.4 Å². The van der Waals surface area contributed by atoms with Crippen molar-refractivity contribution in [3.63, 3.8) is 0 Å². The summed E-state index contributed by atoms with van der Waals surface area (Å²) >= 11 is 0. The first kappa shape index (κ1) is 23.2. The SMILES string of the molecule is COc1c(Nc2cc(Cc3ccc4c(n3)C(F)(F)CC4)nc3c2N=C(C)C3)cccc1-c1cnn(C)n1. The third-order valence-electron chi connectivity index (χ3n) is 6.66. The maximum Gasteiger partial charge on any atom is 0.290 e. The Morgan fingerprint density at radius 3 is 2.76 bits per heavy atom. The van der Waals surface area contributed by atoms with Crippen LogP contribution < -0.4 is 10.1 Å². The molecule has 6 rings (SSSR count). The molecule has 0 radical (unpaired) electrons. The molecule has 1 aliphatic carbocycles. The zero-order chi connectivity index (χ0) is 25.7. The van der Waals surface area contributed by atoms with Gasteiger partial charge in [0.1, 0.15) is 17.1 Å². The van der Waals surface area contributed by atoms with E-state index >= 15 is 0 Å². The predicted octanol–water partition coefficient (Wildman–Crippen LogP) is 5.30. The number of hydrogen-bond donors (Lipinski definition) is 1. The highest BCUT2D eigenvalue weighted by molar-refractivity contribution is 5.95. The standard InChI is InChI=1S/C27H25F2N7O/c1-15-11-21-24(31-15)22(34-20-6-4-5-19(25(20)37-3)23-14-30-36(2)35-23)13-18(32-21)12-17-8-7-16-9-10-27(28,29)26(16)33-17/h4-8,13-14H,9-12H2,1-3H3,(H,32,34). The van der Waals surface area contributed by atoms with E-state index < -0.39 is 5.92 Å². The zero-order valence-corrected chi connectivity index (χ0v) is 20.7. The molecule has 4 heterocycles. The van der Waals surface area contributed by atoms with E-state index in [4.69, 9.17) is 14.7 Å². The van der Waals surface area contributed by atoms with Crippen LogP contribution in [0.1, 0.15) is 41.7 Å². The molecule has 0 fully saturated rings. The molecule has 0 saturated heterocycles. The van der Waals surface area contributed by atoms with Crippen molar-refractivity contribution in [1.29, 1.82) is 0 Å². The number of nitrogens with zero attached hydrogens (tertiary/aromatic N) is 6. The molecule has 0 atom stereocenters. The van der Waals surface area contributed by atoms with Crippen molar-refractivity contribution in [2.24, 2.45) is 12.0 Å². The molecule has 37 heavy (non-hydrogen) atoms. The number of alkyl halides is 2. The number of hydrogen-bond acceptors (Lipinski definition) is 7. The lowest BCUT2D eigenvalue weighted by atomic mass is 10.1. The van der Waals surface area contributed by atoms with Gasteiger partial charge in [0.2, 0.25) is 0 Å². The van der Waals surface area contributed by atoms with Crippen LogP contribution >= 0.6 is 0 Å². The maximum absolute atomic E-state index is 14.3. The largest absolute Gasteiger partial charge is 0.494 e. The average Bonchev–Trinajstić information content (AvgIpc) is 3.55. The molecule has 0 bridgehead atoms. The van der Waals surface area contributed by atoms with Crippen LogP contribution in [0.25, 0.3) is 11.3 Å². The number of fused-ring (bicyclic) bond motifs is 2. The molecule has 0 saturated carbocycles. The molecule has 2 aliphatic rings. The second-order valence-corrected chi connectivity index (χ2v) is 9.40. The number of aliphatic imine (C=N–C) groups is 1. The molecule has 4 aromatic rings. The molecule has 0 unspecified atom stereocenters. The fraction of sp³-hybridized carbons (Fsp3) is 0.296. The Kier molecular flexibility index (Phi) is 5.47. The monoisotopic (exact) mass is 501 g/mol. The Hall–Kier alpha value is -4.21. The summed E-state index contributed by atoms with van der Waals surface area (Å²) in [6.07, 6.45) is 2.82. The van der Waals surface area contributed by atoms with Crippen LogP contribution in [-0.4, -0.2) is 37.8 Å². The fourth-order valence-corrected chi connectivity index (χ4v) is 4.97. The van der Waals surface area contributed by atoms with E-state index in [2.05, 4.69) is 20.5 Å². The van der Waals surface area contributed by atoms with Crippen LogP contribution in [0.2, 0.25) is 0 Å². The second-order valence-electron chi connectivity index (χ2n) is 9.40. The van der Waals surface area contributed by atoms with Gasteiger partial charge in [-0.3, -0.25) is 15.0 Å². The van der Waals surface area contributed by atoms with E-state index in [1.54, 1.807) is 26.4 Å². The molecule has 1 aromatic carbocycles. The number of aromatic nitrogens is 5. The number of halogens is 2. The smallest absolute Gasteiger partial charge is 0.290 e. The summed E-state index contributed by atoms with van der Waals surface area (Å²) in [7, 11) is 3.37. The number of para-hydroxylation sites is 1. The maximum atomic E-state index is 14.3. The summed E-state index contributed by atoms with van der Waals surface area (Å²) in [6, 6.07) is 11.2. The summed E-state index contributed by atoms with van der Waals surface area (Å²) in [6.45, 7) is 1.96. The first-order valence-corrected chi connectivity index (χ1v) is 12.1. The summed E-state index contributed by atoms with van der Waals surface area (Å²) < 4.78 is 34.3. The molecule has 8 nitrogen and oxygen atoms in total. The number of ether oxygens (including phenoxy) is 1. The van der Waals surface area contributed by atoms with E-state index in [1.807, 2.05) is 37.3 Å². The minimum Gasteiger partial charge on any atom is -0.494 e. The number of anilines is 2. The lowest BCUT2D eigenvalue weighted by molar-refractivity contribution is -0.00607. The molecule has 0 amide bonds. The van der Waals surface area contributed by atoms with Crippen molar-refractivity contribution in [2.45, 2.75) is 38.5 Å². The van der Waals surface area contributed by atoms with Gasteiger partial charge in [-0.05, 0) is 43.2 Å². The highest BCUT2D eigenvalue weighted by Crippen LogP contribution is 2.42. The summed E-state index contributed by atoms with van der Waals surface area (Å²) in [5.41, 5.74) is 7.37. The molecule has 3 aromatic heterocycles. The van der Waals surface area contributed by atoms with Gasteiger partial charge in [0.25, 0.3) is 5.92 Å². The van der Waals surface area contributed by atoms with E-state index in [1.165, 1.54) is 4.80 Å². The van der Waals surface area contributed by atoms with Gasteiger partial charge in [0.05, 0.1) is 30.4 Å².